The van der Waals surface area contributed by atoms with E-state index in [-0.39, 0.29) is 23.9 Å². The Hall–Kier alpha value is -2.33. The average molecular weight is 523 g/mol. The van der Waals surface area contributed by atoms with Gasteiger partial charge in [-0.25, -0.2) is 17.9 Å². The predicted molar refractivity (Wildman–Crippen MR) is 143 cm³/mol. The van der Waals surface area contributed by atoms with E-state index in [1.54, 1.807) is 20.8 Å². The molecule has 2 aliphatic rings. The number of nitrogens with one attached hydrogen (secondary N) is 3. The number of alkyl carbamates (subject to hydrolysis) is 1. The summed E-state index contributed by atoms with van der Waals surface area (Å²) in [6.07, 6.45) is 3.06. The highest BCUT2D eigenvalue weighted by molar-refractivity contribution is 7.90. The maximum atomic E-state index is 12.8. The molecule has 3 N–H and O–H groups in total. The van der Waals surface area contributed by atoms with Crippen LogP contribution in [0, 0.1) is 5.92 Å². The van der Waals surface area contributed by atoms with E-state index in [1.807, 2.05) is 45.0 Å². The van der Waals surface area contributed by atoms with Gasteiger partial charge in [0.2, 0.25) is 15.9 Å². The number of hydrogen-bond acceptors (Lipinski definition) is 6. The fraction of sp³-hybridized carbons (Fsp3) is 0.692. The number of amides is 2. The first kappa shape index (κ1) is 28.2. The summed E-state index contributed by atoms with van der Waals surface area (Å²) in [5.74, 6) is -0.152. The van der Waals surface area contributed by atoms with E-state index in [4.69, 9.17) is 4.74 Å². The standard InChI is InChI=1S/C26H42N4O5S/c1-25(2,3)35-24(32)28-21-15-16-30(17-21)22-13-11-19(12-14-22)27-23(31)18-7-9-20(10-8-18)29-36(33,34)26(4,5)6/h11-14,18,20-21,29H,7-10,15-17H2,1-6H3,(H,27,31)(H,28,32)/t18-,20-,21?. The minimum atomic E-state index is -3.39. The smallest absolute Gasteiger partial charge is 0.407 e. The summed E-state index contributed by atoms with van der Waals surface area (Å²) in [5.41, 5.74) is 1.25. The van der Waals surface area contributed by atoms with Gasteiger partial charge >= 0.3 is 6.09 Å². The zero-order valence-corrected chi connectivity index (χ0v) is 23.2. The van der Waals surface area contributed by atoms with Crippen molar-refractivity contribution in [1.82, 2.24) is 10.0 Å². The second kappa shape index (κ2) is 11.0. The molecule has 2 fully saturated rings. The van der Waals surface area contributed by atoms with Gasteiger partial charge in [-0.05, 0) is 97.9 Å². The summed E-state index contributed by atoms with van der Waals surface area (Å²) in [4.78, 5) is 27.0. The molecule has 1 aliphatic carbocycles. The first-order chi connectivity index (χ1) is 16.6. The first-order valence-corrected chi connectivity index (χ1v) is 14.3. The van der Waals surface area contributed by atoms with E-state index >= 15 is 0 Å². The van der Waals surface area contributed by atoms with E-state index < -0.39 is 26.5 Å². The summed E-state index contributed by atoms with van der Waals surface area (Å²) < 4.78 is 32.1. The number of rotatable bonds is 6. The van der Waals surface area contributed by atoms with Gasteiger partial charge in [0, 0.05) is 36.4 Å². The second-order valence-electron chi connectivity index (χ2n) is 11.9. The van der Waals surface area contributed by atoms with Crippen molar-refractivity contribution in [2.45, 2.75) is 96.1 Å². The molecular formula is C26H42N4O5S. The molecule has 1 aromatic carbocycles. The summed E-state index contributed by atoms with van der Waals surface area (Å²) in [6, 6.07) is 7.65. The monoisotopic (exact) mass is 522 g/mol. The lowest BCUT2D eigenvalue weighted by atomic mass is 9.86. The van der Waals surface area contributed by atoms with E-state index in [9.17, 15) is 18.0 Å². The van der Waals surface area contributed by atoms with E-state index in [2.05, 4.69) is 20.3 Å². The molecular weight excluding hydrogens is 480 g/mol. The molecule has 1 saturated heterocycles. The van der Waals surface area contributed by atoms with Crippen molar-refractivity contribution >= 4 is 33.4 Å². The maximum absolute atomic E-state index is 12.8. The minimum absolute atomic E-state index is 0.0253. The number of hydrogen-bond donors (Lipinski definition) is 3. The average Bonchev–Trinajstić information content (AvgIpc) is 3.20. The van der Waals surface area contributed by atoms with Gasteiger partial charge in [0.25, 0.3) is 0 Å². The van der Waals surface area contributed by atoms with Crippen molar-refractivity contribution < 1.29 is 22.7 Å². The zero-order chi connectivity index (χ0) is 26.7. The molecule has 1 unspecified atom stereocenters. The number of nitrogens with zero attached hydrogens (tertiary/aromatic N) is 1. The van der Waals surface area contributed by atoms with Gasteiger partial charge < -0.3 is 20.3 Å². The van der Waals surface area contributed by atoms with Crippen LogP contribution in [-0.2, 0) is 19.6 Å². The molecule has 3 rings (SSSR count). The Balaban J connectivity index is 1.45. The van der Waals surface area contributed by atoms with Crippen LogP contribution in [0.2, 0.25) is 0 Å². The molecule has 10 heteroatoms. The van der Waals surface area contributed by atoms with Crippen molar-refractivity contribution in [3.8, 4) is 0 Å². The van der Waals surface area contributed by atoms with Gasteiger partial charge in [-0.15, -0.1) is 0 Å². The lowest BCUT2D eigenvalue weighted by Gasteiger charge is -2.30. The van der Waals surface area contributed by atoms with Crippen LogP contribution in [0.1, 0.15) is 73.6 Å². The van der Waals surface area contributed by atoms with Gasteiger partial charge in [-0.3, -0.25) is 4.79 Å². The van der Waals surface area contributed by atoms with E-state index in [1.165, 1.54) is 0 Å². The topological polar surface area (TPSA) is 117 Å². The number of anilines is 2. The van der Waals surface area contributed by atoms with Crippen LogP contribution in [0.15, 0.2) is 24.3 Å². The molecule has 0 radical (unpaired) electrons. The molecule has 1 heterocycles. The van der Waals surface area contributed by atoms with Gasteiger partial charge in [0.1, 0.15) is 5.60 Å². The number of carbonyl (C=O) groups is 2. The molecule has 1 aromatic rings. The van der Waals surface area contributed by atoms with Gasteiger partial charge in [0.15, 0.2) is 0 Å². The Morgan fingerprint density at radius 3 is 2.08 bits per heavy atom. The fourth-order valence-corrected chi connectivity index (χ4v) is 5.48. The Bertz CT molecular complexity index is 1020. The van der Waals surface area contributed by atoms with Crippen molar-refractivity contribution in [3.63, 3.8) is 0 Å². The highest BCUT2D eigenvalue weighted by Crippen LogP contribution is 2.28. The molecule has 0 bridgehead atoms. The molecule has 0 aromatic heterocycles. The highest BCUT2D eigenvalue weighted by atomic mass is 32.2. The summed E-state index contributed by atoms with van der Waals surface area (Å²) >= 11 is 0. The van der Waals surface area contributed by atoms with E-state index in [0.717, 1.165) is 24.3 Å². The lowest BCUT2D eigenvalue weighted by Crippen LogP contribution is -2.46. The molecule has 9 nitrogen and oxygen atoms in total. The molecule has 0 spiro atoms. The van der Waals surface area contributed by atoms with Crippen LogP contribution in [0.3, 0.4) is 0 Å². The zero-order valence-electron chi connectivity index (χ0n) is 22.4. The van der Waals surface area contributed by atoms with Crippen molar-refractivity contribution in [1.29, 1.82) is 0 Å². The fourth-order valence-electron chi connectivity index (χ4n) is 4.46. The lowest BCUT2D eigenvalue weighted by molar-refractivity contribution is -0.120. The molecule has 36 heavy (non-hydrogen) atoms. The van der Waals surface area contributed by atoms with Crippen molar-refractivity contribution in [3.05, 3.63) is 24.3 Å². The Kier molecular flexibility index (Phi) is 8.60. The molecule has 2 amide bonds. The SMILES string of the molecule is CC(C)(C)OC(=O)NC1CCN(c2ccc(NC(=O)[C@H]3CC[C@H](NS(=O)(=O)C(C)(C)C)CC3)cc2)C1. The third-order valence-corrected chi connectivity index (χ3v) is 8.89. The number of benzene rings is 1. The van der Waals surface area contributed by atoms with Crippen LogP contribution in [0.4, 0.5) is 16.2 Å². The van der Waals surface area contributed by atoms with Crippen LogP contribution >= 0.6 is 0 Å². The Morgan fingerprint density at radius 1 is 0.917 bits per heavy atom. The van der Waals surface area contributed by atoms with Crippen LogP contribution < -0.4 is 20.3 Å². The van der Waals surface area contributed by atoms with Gasteiger partial charge in [-0.1, -0.05) is 0 Å². The van der Waals surface area contributed by atoms with Crippen molar-refractivity contribution in [2.75, 3.05) is 23.3 Å². The summed E-state index contributed by atoms with van der Waals surface area (Å²) in [5, 5.41) is 5.94. The van der Waals surface area contributed by atoms with Crippen LogP contribution in [-0.4, -0.2) is 55.9 Å². The minimum Gasteiger partial charge on any atom is -0.444 e. The van der Waals surface area contributed by atoms with Gasteiger partial charge in [-0.2, -0.15) is 0 Å². The number of sulfonamides is 1. The first-order valence-electron chi connectivity index (χ1n) is 12.8. The third kappa shape index (κ3) is 7.83. The molecule has 1 atom stereocenters. The molecule has 202 valence electrons. The Morgan fingerprint density at radius 2 is 1.53 bits per heavy atom. The van der Waals surface area contributed by atoms with Crippen LogP contribution in [0.25, 0.3) is 0 Å². The number of ether oxygens (including phenoxy) is 1. The van der Waals surface area contributed by atoms with Crippen LogP contribution in [0.5, 0.6) is 0 Å². The van der Waals surface area contributed by atoms with Crippen molar-refractivity contribution in [2.24, 2.45) is 5.92 Å². The van der Waals surface area contributed by atoms with E-state index in [0.29, 0.717) is 32.2 Å². The molecule has 1 aliphatic heterocycles. The third-order valence-electron chi connectivity index (χ3n) is 6.64. The normalized spacial score (nSPS) is 23.3. The number of carbonyl (C=O) groups excluding carboxylic acids is 2. The quantitative estimate of drug-likeness (QED) is 0.520. The largest absolute Gasteiger partial charge is 0.444 e. The highest BCUT2D eigenvalue weighted by Gasteiger charge is 2.34. The summed E-state index contributed by atoms with van der Waals surface area (Å²) in [6.45, 7) is 12.1. The molecule has 1 saturated carbocycles. The Labute approximate surface area is 215 Å². The maximum Gasteiger partial charge on any atom is 0.407 e. The second-order valence-corrected chi connectivity index (χ2v) is 14.4. The van der Waals surface area contributed by atoms with Gasteiger partial charge in [0.05, 0.1) is 10.8 Å². The summed E-state index contributed by atoms with van der Waals surface area (Å²) in [7, 11) is -3.39. The predicted octanol–water partition coefficient (Wildman–Crippen LogP) is 4.01.